The Bertz CT molecular complexity index is 690. The number of Topliss-reactive ketones (excluding diaryl/α,β-unsaturated/α-hetero) is 1. The predicted molar refractivity (Wildman–Crippen MR) is 75.5 cm³/mol. The van der Waals surface area contributed by atoms with Crippen molar-refractivity contribution < 1.29 is 9.59 Å². The van der Waals surface area contributed by atoms with Crippen LogP contribution in [0, 0.1) is 0 Å². The van der Waals surface area contributed by atoms with E-state index in [1.807, 2.05) is 22.9 Å². The van der Waals surface area contributed by atoms with Crippen molar-refractivity contribution in [2.45, 2.75) is 32.2 Å². The molecule has 1 aromatic carbocycles. The second-order valence-electron chi connectivity index (χ2n) is 5.19. The molecule has 1 heterocycles. The van der Waals surface area contributed by atoms with Crippen LogP contribution in [0.15, 0.2) is 24.3 Å². The van der Waals surface area contributed by atoms with Crippen molar-refractivity contribution in [1.82, 2.24) is 20.2 Å². The molecule has 0 spiro atoms. The first-order valence-electron chi connectivity index (χ1n) is 6.81. The van der Waals surface area contributed by atoms with Crippen LogP contribution in [-0.2, 0) is 9.59 Å². The van der Waals surface area contributed by atoms with Crippen LogP contribution >= 0.6 is 0 Å². The Morgan fingerprint density at radius 2 is 2.19 bits per heavy atom. The van der Waals surface area contributed by atoms with Crippen LogP contribution in [0.3, 0.4) is 0 Å². The summed E-state index contributed by atoms with van der Waals surface area (Å²) >= 11 is 0. The van der Waals surface area contributed by atoms with Gasteiger partial charge in [0.15, 0.2) is 5.82 Å². The van der Waals surface area contributed by atoms with Crippen molar-refractivity contribution in [3.8, 4) is 11.4 Å². The van der Waals surface area contributed by atoms with Gasteiger partial charge in [0.2, 0.25) is 5.91 Å². The molecular weight excluding hydrogens is 270 g/mol. The Balaban J connectivity index is 1.81. The largest absolute Gasteiger partial charge is 0.326 e. The SMILES string of the molecule is CC(=O)CC(=O)Nc1cccc(-c2nnnn2C2CC2)c1. The van der Waals surface area contributed by atoms with Crippen molar-refractivity contribution in [3.63, 3.8) is 0 Å². The number of nitrogens with zero attached hydrogens (tertiary/aromatic N) is 4. The van der Waals surface area contributed by atoms with Crippen LogP contribution in [0.4, 0.5) is 5.69 Å². The van der Waals surface area contributed by atoms with Crippen molar-refractivity contribution in [3.05, 3.63) is 24.3 Å². The molecule has 0 bridgehead atoms. The summed E-state index contributed by atoms with van der Waals surface area (Å²) in [4.78, 5) is 22.6. The molecule has 0 atom stereocenters. The first-order chi connectivity index (χ1) is 10.1. The molecule has 1 aromatic heterocycles. The summed E-state index contributed by atoms with van der Waals surface area (Å²) in [7, 11) is 0. The lowest BCUT2D eigenvalue weighted by atomic mass is 10.2. The summed E-state index contributed by atoms with van der Waals surface area (Å²) in [6.45, 7) is 1.39. The highest BCUT2D eigenvalue weighted by Gasteiger charge is 2.28. The average Bonchev–Trinajstić information content (AvgIpc) is 3.15. The molecule has 0 radical (unpaired) electrons. The zero-order valence-corrected chi connectivity index (χ0v) is 11.6. The van der Waals surface area contributed by atoms with E-state index in [4.69, 9.17) is 0 Å². The van der Waals surface area contributed by atoms with Crippen molar-refractivity contribution in [2.24, 2.45) is 0 Å². The van der Waals surface area contributed by atoms with Gasteiger partial charge in [0.25, 0.3) is 0 Å². The summed E-state index contributed by atoms with van der Waals surface area (Å²) in [5, 5.41) is 14.5. The van der Waals surface area contributed by atoms with Crippen LogP contribution in [0.1, 0.15) is 32.2 Å². The number of carbonyl (C=O) groups excluding carboxylic acids is 2. The van der Waals surface area contributed by atoms with Gasteiger partial charge in [-0.2, -0.15) is 0 Å². The summed E-state index contributed by atoms with van der Waals surface area (Å²) < 4.78 is 1.82. The van der Waals surface area contributed by atoms with E-state index in [1.165, 1.54) is 6.92 Å². The lowest BCUT2D eigenvalue weighted by molar-refractivity contribution is -0.124. The molecule has 1 aliphatic rings. The molecule has 1 fully saturated rings. The van der Waals surface area contributed by atoms with E-state index in [1.54, 1.807) is 6.07 Å². The Labute approximate surface area is 121 Å². The molecule has 0 saturated heterocycles. The van der Waals surface area contributed by atoms with Gasteiger partial charge in [-0.05, 0) is 42.3 Å². The van der Waals surface area contributed by atoms with E-state index < -0.39 is 0 Å². The minimum atomic E-state index is -0.318. The number of rotatable bonds is 5. The maximum absolute atomic E-state index is 11.6. The quantitative estimate of drug-likeness (QED) is 0.843. The zero-order chi connectivity index (χ0) is 14.8. The highest BCUT2D eigenvalue weighted by Crippen LogP contribution is 2.36. The van der Waals surface area contributed by atoms with Gasteiger partial charge in [0.05, 0.1) is 12.5 Å². The highest BCUT2D eigenvalue weighted by molar-refractivity contribution is 6.03. The lowest BCUT2D eigenvalue weighted by Crippen LogP contribution is -2.14. The topological polar surface area (TPSA) is 89.8 Å². The molecule has 7 nitrogen and oxygen atoms in total. The molecule has 21 heavy (non-hydrogen) atoms. The van der Waals surface area contributed by atoms with Gasteiger partial charge in [0, 0.05) is 11.3 Å². The third-order valence-corrected chi connectivity index (χ3v) is 3.20. The maximum atomic E-state index is 11.6. The minimum absolute atomic E-state index is 0.121. The number of benzene rings is 1. The molecule has 3 rings (SSSR count). The van der Waals surface area contributed by atoms with Gasteiger partial charge >= 0.3 is 0 Å². The standard InChI is InChI=1S/C14H15N5O2/c1-9(20)7-13(21)15-11-4-2-3-10(8-11)14-16-17-18-19(14)12-5-6-12/h2-4,8,12H,5-7H2,1H3,(H,15,21). The number of ketones is 1. The zero-order valence-electron chi connectivity index (χ0n) is 11.6. The Kier molecular flexibility index (Phi) is 3.47. The molecule has 0 unspecified atom stereocenters. The van der Waals surface area contributed by atoms with Crippen molar-refractivity contribution in [2.75, 3.05) is 5.32 Å². The number of hydrogen-bond acceptors (Lipinski definition) is 5. The lowest BCUT2D eigenvalue weighted by Gasteiger charge is -2.07. The fraction of sp³-hybridized carbons (Fsp3) is 0.357. The van der Waals surface area contributed by atoms with E-state index >= 15 is 0 Å². The molecule has 1 N–H and O–H groups in total. The fourth-order valence-electron chi connectivity index (χ4n) is 2.12. The van der Waals surface area contributed by atoms with Crippen LogP contribution in [-0.4, -0.2) is 31.9 Å². The first kappa shape index (κ1) is 13.4. The normalized spacial score (nSPS) is 14.0. The van der Waals surface area contributed by atoms with E-state index in [2.05, 4.69) is 20.8 Å². The minimum Gasteiger partial charge on any atom is -0.326 e. The third-order valence-electron chi connectivity index (χ3n) is 3.20. The van der Waals surface area contributed by atoms with E-state index in [0.717, 1.165) is 18.4 Å². The van der Waals surface area contributed by atoms with E-state index in [-0.39, 0.29) is 18.1 Å². The van der Waals surface area contributed by atoms with Crippen LogP contribution in [0.25, 0.3) is 11.4 Å². The molecular formula is C14H15N5O2. The number of carbonyl (C=O) groups is 2. The van der Waals surface area contributed by atoms with Gasteiger partial charge in [-0.3, -0.25) is 9.59 Å². The molecule has 108 valence electrons. The average molecular weight is 285 g/mol. The van der Waals surface area contributed by atoms with Crippen LogP contribution in [0.2, 0.25) is 0 Å². The predicted octanol–water partition coefficient (Wildman–Crippen LogP) is 1.59. The Morgan fingerprint density at radius 3 is 2.90 bits per heavy atom. The van der Waals surface area contributed by atoms with Gasteiger partial charge in [0.1, 0.15) is 5.78 Å². The number of hydrogen-bond donors (Lipinski definition) is 1. The van der Waals surface area contributed by atoms with Crippen molar-refractivity contribution in [1.29, 1.82) is 0 Å². The monoisotopic (exact) mass is 285 g/mol. The summed E-state index contributed by atoms with van der Waals surface area (Å²) in [5.74, 6) is 0.211. The molecule has 1 saturated carbocycles. The van der Waals surface area contributed by atoms with Gasteiger partial charge in [-0.25, -0.2) is 4.68 Å². The number of amides is 1. The summed E-state index contributed by atoms with van der Waals surface area (Å²) in [5.41, 5.74) is 1.47. The maximum Gasteiger partial charge on any atom is 0.231 e. The van der Waals surface area contributed by atoms with Gasteiger partial charge < -0.3 is 5.32 Å². The van der Waals surface area contributed by atoms with Gasteiger partial charge in [-0.15, -0.1) is 5.10 Å². The summed E-state index contributed by atoms with van der Waals surface area (Å²) in [6, 6.07) is 7.68. The highest BCUT2D eigenvalue weighted by atomic mass is 16.2. The number of tetrazole rings is 1. The molecule has 1 amide bonds. The van der Waals surface area contributed by atoms with E-state index in [9.17, 15) is 9.59 Å². The number of anilines is 1. The first-order valence-corrected chi connectivity index (χ1v) is 6.81. The van der Waals surface area contributed by atoms with Crippen LogP contribution in [0.5, 0.6) is 0 Å². The number of aromatic nitrogens is 4. The molecule has 0 aliphatic heterocycles. The van der Waals surface area contributed by atoms with Crippen molar-refractivity contribution >= 4 is 17.4 Å². The fourth-order valence-corrected chi connectivity index (χ4v) is 2.12. The Morgan fingerprint density at radius 1 is 1.38 bits per heavy atom. The third kappa shape index (κ3) is 3.13. The second-order valence-corrected chi connectivity index (χ2v) is 5.19. The molecule has 7 heteroatoms. The van der Waals surface area contributed by atoms with E-state index in [0.29, 0.717) is 17.6 Å². The Hall–Kier alpha value is -2.57. The smallest absolute Gasteiger partial charge is 0.231 e. The number of nitrogens with one attached hydrogen (secondary N) is 1. The van der Waals surface area contributed by atoms with Crippen LogP contribution < -0.4 is 5.32 Å². The second kappa shape index (κ2) is 5.43. The molecule has 1 aliphatic carbocycles. The summed E-state index contributed by atoms with van der Waals surface area (Å²) in [6.07, 6.45) is 2.06. The van der Waals surface area contributed by atoms with Gasteiger partial charge in [-0.1, -0.05) is 12.1 Å². The molecule has 2 aromatic rings.